The Morgan fingerprint density at radius 1 is 1.41 bits per heavy atom. The van der Waals surface area contributed by atoms with Crippen molar-refractivity contribution in [1.82, 2.24) is 10.2 Å². The molecule has 0 spiro atoms. The van der Waals surface area contributed by atoms with Crippen molar-refractivity contribution in [3.63, 3.8) is 0 Å². The molecule has 17 heavy (non-hydrogen) atoms. The van der Waals surface area contributed by atoms with E-state index >= 15 is 0 Å². The van der Waals surface area contributed by atoms with Crippen LogP contribution in [0.25, 0.3) is 0 Å². The molecule has 0 aliphatic heterocycles. The van der Waals surface area contributed by atoms with Gasteiger partial charge < -0.3 is 5.32 Å². The Kier molecular flexibility index (Phi) is 3.91. The fourth-order valence-corrected chi connectivity index (χ4v) is 2.09. The van der Waals surface area contributed by atoms with Gasteiger partial charge in [0.1, 0.15) is 10.8 Å². The summed E-state index contributed by atoms with van der Waals surface area (Å²) in [5.74, 6) is -0.405. The first-order chi connectivity index (χ1) is 8.19. The summed E-state index contributed by atoms with van der Waals surface area (Å²) in [7, 11) is 0. The van der Waals surface area contributed by atoms with Crippen molar-refractivity contribution in [3.05, 3.63) is 39.6 Å². The summed E-state index contributed by atoms with van der Waals surface area (Å²) in [6.07, 6.45) is 0.870. The molecule has 0 saturated heterocycles. The molecule has 0 saturated carbocycles. The molecule has 0 amide bonds. The molecule has 0 radical (unpaired) electrons. The van der Waals surface area contributed by atoms with Gasteiger partial charge in [0, 0.05) is 6.54 Å². The lowest BCUT2D eigenvalue weighted by molar-refractivity contribution is 0.626. The molecule has 0 aliphatic rings. The van der Waals surface area contributed by atoms with E-state index in [-0.39, 0.29) is 5.02 Å². The maximum Gasteiger partial charge on any atom is 0.205 e. The van der Waals surface area contributed by atoms with Crippen LogP contribution in [0.2, 0.25) is 5.02 Å². The summed E-state index contributed by atoms with van der Waals surface area (Å²) in [5, 5.41) is 12.9. The lowest BCUT2D eigenvalue weighted by Gasteiger charge is -2.03. The molecule has 0 aliphatic carbocycles. The Labute approximate surface area is 108 Å². The van der Waals surface area contributed by atoms with Gasteiger partial charge in [0.25, 0.3) is 0 Å². The Morgan fingerprint density at radius 2 is 2.24 bits per heavy atom. The number of halogens is 2. The van der Waals surface area contributed by atoms with Crippen molar-refractivity contribution in [2.24, 2.45) is 0 Å². The highest BCUT2D eigenvalue weighted by Gasteiger charge is 2.04. The van der Waals surface area contributed by atoms with Crippen LogP contribution in [0.4, 0.5) is 9.52 Å². The fraction of sp³-hybridized carbons (Fsp3) is 0.273. The summed E-state index contributed by atoms with van der Waals surface area (Å²) in [4.78, 5) is 0. The van der Waals surface area contributed by atoms with Crippen LogP contribution in [0.1, 0.15) is 17.5 Å². The van der Waals surface area contributed by atoms with Gasteiger partial charge in [0.05, 0.1) is 5.02 Å². The number of rotatable bonds is 4. The molecule has 0 unspecified atom stereocenters. The van der Waals surface area contributed by atoms with E-state index in [0.717, 1.165) is 22.1 Å². The van der Waals surface area contributed by atoms with E-state index in [1.165, 1.54) is 17.4 Å². The zero-order valence-corrected chi connectivity index (χ0v) is 10.8. The van der Waals surface area contributed by atoms with Crippen LogP contribution in [0.15, 0.2) is 18.2 Å². The second-order valence-corrected chi connectivity index (χ2v) is 4.93. The molecule has 0 bridgehead atoms. The minimum absolute atomic E-state index is 0.137. The van der Waals surface area contributed by atoms with Crippen molar-refractivity contribution in [2.45, 2.75) is 19.9 Å². The SMILES string of the molecule is CCc1nnc(NCc2ccc(Cl)c(F)c2)s1. The van der Waals surface area contributed by atoms with E-state index in [0.29, 0.717) is 6.54 Å². The van der Waals surface area contributed by atoms with Gasteiger partial charge >= 0.3 is 0 Å². The number of hydrogen-bond acceptors (Lipinski definition) is 4. The molecule has 1 heterocycles. The smallest absolute Gasteiger partial charge is 0.205 e. The first-order valence-electron chi connectivity index (χ1n) is 5.19. The molecule has 2 aromatic rings. The molecular formula is C11H11ClFN3S. The first-order valence-corrected chi connectivity index (χ1v) is 6.38. The lowest BCUT2D eigenvalue weighted by atomic mass is 10.2. The minimum atomic E-state index is -0.405. The van der Waals surface area contributed by atoms with Crippen LogP contribution in [0.5, 0.6) is 0 Å². The van der Waals surface area contributed by atoms with Crippen LogP contribution in [0, 0.1) is 5.82 Å². The van der Waals surface area contributed by atoms with Crippen molar-refractivity contribution in [2.75, 3.05) is 5.32 Å². The van der Waals surface area contributed by atoms with Gasteiger partial charge in [-0.25, -0.2) is 4.39 Å². The average molecular weight is 272 g/mol. The van der Waals surface area contributed by atoms with Crippen LogP contribution < -0.4 is 5.32 Å². The van der Waals surface area contributed by atoms with E-state index in [9.17, 15) is 4.39 Å². The maximum atomic E-state index is 13.2. The number of aromatic nitrogens is 2. The predicted molar refractivity (Wildman–Crippen MR) is 68.0 cm³/mol. The van der Waals surface area contributed by atoms with Crippen molar-refractivity contribution in [1.29, 1.82) is 0 Å². The molecule has 1 aromatic heterocycles. The summed E-state index contributed by atoms with van der Waals surface area (Å²) in [5.41, 5.74) is 0.820. The minimum Gasteiger partial charge on any atom is -0.356 e. The highest BCUT2D eigenvalue weighted by atomic mass is 35.5. The van der Waals surface area contributed by atoms with E-state index in [2.05, 4.69) is 15.5 Å². The third kappa shape index (κ3) is 3.14. The monoisotopic (exact) mass is 271 g/mol. The molecule has 0 atom stereocenters. The third-order valence-corrected chi connectivity index (χ3v) is 3.53. The summed E-state index contributed by atoms with van der Waals surface area (Å²) in [6, 6.07) is 4.74. The summed E-state index contributed by atoms with van der Waals surface area (Å²) in [6.45, 7) is 2.53. The Hall–Kier alpha value is -1.20. The van der Waals surface area contributed by atoms with Gasteiger partial charge in [-0.3, -0.25) is 0 Å². The zero-order valence-electron chi connectivity index (χ0n) is 9.20. The van der Waals surface area contributed by atoms with Gasteiger partial charge in [-0.05, 0) is 24.1 Å². The second kappa shape index (κ2) is 5.42. The lowest BCUT2D eigenvalue weighted by Crippen LogP contribution is -1.99. The highest BCUT2D eigenvalue weighted by molar-refractivity contribution is 7.15. The molecule has 1 N–H and O–H groups in total. The number of anilines is 1. The second-order valence-electron chi connectivity index (χ2n) is 3.46. The van der Waals surface area contributed by atoms with Gasteiger partial charge in [0.2, 0.25) is 5.13 Å². The first kappa shape index (κ1) is 12.3. The largest absolute Gasteiger partial charge is 0.356 e. The molecule has 0 fully saturated rings. The van der Waals surface area contributed by atoms with Crippen LogP contribution in [-0.4, -0.2) is 10.2 Å². The number of nitrogens with zero attached hydrogens (tertiary/aromatic N) is 2. The van der Waals surface area contributed by atoms with Crippen molar-refractivity contribution < 1.29 is 4.39 Å². The molecule has 1 aromatic carbocycles. The van der Waals surface area contributed by atoms with Gasteiger partial charge in [-0.15, -0.1) is 10.2 Å². The maximum absolute atomic E-state index is 13.2. The molecule has 90 valence electrons. The Morgan fingerprint density at radius 3 is 2.88 bits per heavy atom. The normalized spacial score (nSPS) is 10.5. The molecule has 6 heteroatoms. The third-order valence-electron chi connectivity index (χ3n) is 2.20. The van der Waals surface area contributed by atoms with Crippen molar-refractivity contribution >= 4 is 28.1 Å². The quantitative estimate of drug-likeness (QED) is 0.925. The van der Waals surface area contributed by atoms with Crippen LogP contribution >= 0.6 is 22.9 Å². The molecular weight excluding hydrogens is 261 g/mol. The Balaban J connectivity index is 1.99. The van der Waals surface area contributed by atoms with Gasteiger partial charge in [-0.1, -0.05) is 35.9 Å². The van der Waals surface area contributed by atoms with Gasteiger partial charge in [-0.2, -0.15) is 0 Å². The standard InChI is InChI=1S/C11H11ClFN3S/c1-2-10-15-16-11(17-10)14-6-7-3-4-8(12)9(13)5-7/h3-5H,2,6H2,1H3,(H,14,16). The van der Waals surface area contributed by atoms with E-state index < -0.39 is 5.82 Å². The summed E-state index contributed by atoms with van der Waals surface area (Å²) < 4.78 is 13.2. The number of nitrogens with one attached hydrogen (secondary N) is 1. The average Bonchev–Trinajstić information content (AvgIpc) is 2.79. The molecule has 3 nitrogen and oxygen atoms in total. The van der Waals surface area contributed by atoms with Crippen LogP contribution in [0.3, 0.4) is 0 Å². The highest BCUT2D eigenvalue weighted by Crippen LogP contribution is 2.18. The van der Waals surface area contributed by atoms with E-state index in [1.54, 1.807) is 12.1 Å². The van der Waals surface area contributed by atoms with Gasteiger partial charge in [0.15, 0.2) is 0 Å². The van der Waals surface area contributed by atoms with Crippen LogP contribution in [-0.2, 0) is 13.0 Å². The van der Waals surface area contributed by atoms with E-state index in [4.69, 9.17) is 11.6 Å². The molecule has 2 rings (SSSR count). The van der Waals surface area contributed by atoms with Crippen molar-refractivity contribution in [3.8, 4) is 0 Å². The number of hydrogen-bond donors (Lipinski definition) is 1. The summed E-state index contributed by atoms with van der Waals surface area (Å²) >= 11 is 7.11. The number of aryl methyl sites for hydroxylation is 1. The number of benzene rings is 1. The predicted octanol–water partition coefficient (Wildman–Crippen LogP) is 3.51. The topological polar surface area (TPSA) is 37.8 Å². The Bertz CT molecular complexity index is 515. The van der Waals surface area contributed by atoms with E-state index in [1.807, 2.05) is 6.92 Å². The fourth-order valence-electron chi connectivity index (χ4n) is 1.30. The zero-order chi connectivity index (χ0) is 12.3.